The zero-order valence-electron chi connectivity index (χ0n) is 12.2. The van der Waals surface area contributed by atoms with E-state index in [4.69, 9.17) is 35.9 Å². The molecule has 0 saturated heterocycles. The van der Waals surface area contributed by atoms with E-state index in [1.807, 2.05) is 0 Å². The minimum absolute atomic E-state index is 0.0807. The highest BCUT2D eigenvalue weighted by Crippen LogP contribution is 2.38. The number of carbonyl (C=O) groups is 2. The maximum absolute atomic E-state index is 10.3. The number of carboxylic acids is 1. The fourth-order valence-electron chi connectivity index (χ4n) is 1.34. The van der Waals surface area contributed by atoms with Gasteiger partial charge in [0.1, 0.15) is 12.2 Å². The Labute approximate surface area is 136 Å². The summed E-state index contributed by atoms with van der Waals surface area (Å²) in [6.45, 7) is -0.865. The van der Waals surface area contributed by atoms with Crippen LogP contribution in [0.3, 0.4) is 0 Å². The number of hydrogen-bond acceptors (Lipinski definition) is 8. The average molecular weight is 367 g/mol. The normalized spacial score (nSPS) is 14.7. The van der Waals surface area contributed by atoms with Crippen molar-refractivity contribution in [3.05, 3.63) is 29.8 Å². The number of aromatic carboxylic acids is 1. The van der Waals surface area contributed by atoms with Gasteiger partial charge >= 0.3 is 13.8 Å². The topological polar surface area (TPSA) is 208 Å². The second-order valence-electron chi connectivity index (χ2n) is 4.33. The first kappa shape index (κ1) is 22.1. The van der Waals surface area contributed by atoms with Gasteiger partial charge in [0.15, 0.2) is 12.4 Å². The first-order valence-corrected chi connectivity index (χ1v) is 7.80. The fourth-order valence-corrected chi connectivity index (χ4v) is 1.84. The molecule has 0 spiro atoms. The molecule has 8 N–H and O–H groups in total. The smallest absolute Gasteiger partial charge is 0.470 e. The van der Waals surface area contributed by atoms with E-state index in [-0.39, 0.29) is 11.8 Å². The van der Waals surface area contributed by atoms with E-state index >= 15 is 0 Å². The lowest BCUT2D eigenvalue weighted by molar-refractivity contribution is -0.126. The van der Waals surface area contributed by atoms with E-state index in [1.165, 1.54) is 6.07 Å². The van der Waals surface area contributed by atoms with Gasteiger partial charge in [0.05, 0.1) is 12.2 Å². The number of anilines is 1. The molecule has 0 aromatic heterocycles. The monoisotopic (exact) mass is 367 g/mol. The number of phosphoric acid groups is 1. The van der Waals surface area contributed by atoms with Crippen molar-refractivity contribution in [3.8, 4) is 0 Å². The van der Waals surface area contributed by atoms with Gasteiger partial charge in [0.25, 0.3) is 0 Å². The molecule has 0 fully saturated rings. The van der Waals surface area contributed by atoms with Crippen LogP contribution in [0.5, 0.6) is 0 Å². The summed E-state index contributed by atoms with van der Waals surface area (Å²) in [7, 11) is -4.93. The van der Waals surface area contributed by atoms with Crippen molar-refractivity contribution in [1.82, 2.24) is 0 Å². The third-order valence-corrected chi connectivity index (χ3v) is 3.02. The molecule has 1 rings (SSSR count). The van der Waals surface area contributed by atoms with Gasteiger partial charge in [-0.3, -0.25) is 4.52 Å². The lowest BCUT2D eigenvalue weighted by Gasteiger charge is -2.21. The van der Waals surface area contributed by atoms with Crippen LogP contribution in [0.2, 0.25) is 0 Å². The van der Waals surface area contributed by atoms with E-state index in [1.54, 1.807) is 18.2 Å². The van der Waals surface area contributed by atoms with Crippen molar-refractivity contribution in [2.45, 2.75) is 18.3 Å². The number of aldehydes is 1. The fraction of sp³-hybridized carbons (Fsp3) is 0.333. The third kappa shape index (κ3) is 8.13. The molecular formula is C12H18NO10P. The second-order valence-corrected chi connectivity index (χ2v) is 5.52. The lowest BCUT2D eigenvalue weighted by atomic mass is 10.1. The predicted octanol–water partition coefficient (Wildman–Crippen LogP) is -1.66. The molecule has 0 bridgehead atoms. The van der Waals surface area contributed by atoms with Gasteiger partial charge in [-0.15, -0.1) is 0 Å². The summed E-state index contributed by atoms with van der Waals surface area (Å²) in [6.07, 6.45) is -5.58. The number of aliphatic hydroxyl groups excluding tert-OH is 3. The van der Waals surface area contributed by atoms with Crippen molar-refractivity contribution in [1.29, 1.82) is 0 Å². The van der Waals surface area contributed by atoms with Crippen molar-refractivity contribution in [2.75, 3.05) is 12.3 Å². The molecule has 0 unspecified atom stereocenters. The highest BCUT2D eigenvalue weighted by molar-refractivity contribution is 7.46. The summed E-state index contributed by atoms with van der Waals surface area (Å²) in [4.78, 5) is 37.2. The molecule has 1 aromatic carbocycles. The molecule has 0 radical (unpaired) electrons. The number of nitrogens with two attached hydrogens (primary N) is 1. The number of benzene rings is 1. The van der Waals surface area contributed by atoms with Gasteiger partial charge in [-0.2, -0.15) is 0 Å². The first-order chi connectivity index (χ1) is 11.0. The Balaban J connectivity index is 0.000000463. The highest BCUT2D eigenvalue weighted by Gasteiger charge is 2.32. The van der Waals surface area contributed by atoms with Crippen LogP contribution in [-0.4, -0.2) is 67.4 Å². The largest absolute Gasteiger partial charge is 0.478 e. The van der Waals surface area contributed by atoms with Crippen molar-refractivity contribution in [2.24, 2.45) is 0 Å². The van der Waals surface area contributed by atoms with Crippen molar-refractivity contribution in [3.63, 3.8) is 0 Å². The number of aliphatic hydroxyl groups is 3. The van der Waals surface area contributed by atoms with Crippen LogP contribution in [0, 0.1) is 0 Å². The summed E-state index contributed by atoms with van der Waals surface area (Å²) in [5.41, 5.74) is 5.80. The molecule has 3 atom stereocenters. The molecule has 0 aliphatic heterocycles. The third-order valence-electron chi connectivity index (χ3n) is 2.50. The molecular weight excluding hydrogens is 349 g/mol. The van der Waals surface area contributed by atoms with Crippen LogP contribution in [0.25, 0.3) is 0 Å². The average Bonchev–Trinajstić information content (AvgIpc) is 2.51. The Morgan fingerprint density at radius 1 is 1.29 bits per heavy atom. The van der Waals surface area contributed by atoms with Gasteiger partial charge in [-0.1, -0.05) is 12.1 Å². The summed E-state index contributed by atoms with van der Waals surface area (Å²) < 4.78 is 14.1. The number of nitrogen functional groups attached to an aromatic ring is 1. The summed E-state index contributed by atoms with van der Waals surface area (Å²) in [5.74, 6) is -0.988. The van der Waals surface area contributed by atoms with Gasteiger partial charge in [0.2, 0.25) is 0 Å². The predicted molar refractivity (Wildman–Crippen MR) is 79.9 cm³/mol. The molecule has 1 aromatic rings. The molecule has 0 aliphatic rings. The van der Waals surface area contributed by atoms with Crippen LogP contribution >= 0.6 is 7.82 Å². The summed E-state index contributed by atoms with van der Waals surface area (Å²) in [6, 6.07) is 6.36. The maximum Gasteiger partial charge on any atom is 0.470 e. The second kappa shape index (κ2) is 10.1. The van der Waals surface area contributed by atoms with Crippen LogP contribution in [0.1, 0.15) is 10.4 Å². The van der Waals surface area contributed by atoms with E-state index in [9.17, 15) is 14.2 Å². The van der Waals surface area contributed by atoms with Crippen LogP contribution in [0.15, 0.2) is 24.3 Å². The van der Waals surface area contributed by atoms with E-state index in [2.05, 4.69) is 4.52 Å². The van der Waals surface area contributed by atoms with Crippen molar-refractivity contribution >= 4 is 25.8 Å². The minimum Gasteiger partial charge on any atom is -0.478 e. The van der Waals surface area contributed by atoms with Crippen LogP contribution in [-0.2, 0) is 13.9 Å². The van der Waals surface area contributed by atoms with Gasteiger partial charge in [0, 0.05) is 5.69 Å². The van der Waals surface area contributed by atoms with E-state index in [0.29, 0.717) is 5.69 Å². The molecule has 136 valence electrons. The van der Waals surface area contributed by atoms with Crippen LogP contribution in [0.4, 0.5) is 5.69 Å². The van der Waals surface area contributed by atoms with Gasteiger partial charge < -0.3 is 40.7 Å². The Kier molecular flexibility index (Phi) is 9.33. The Morgan fingerprint density at radius 2 is 1.83 bits per heavy atom. The Morgan fingerprint density at radius 3 is 2.17 bits per heavy atom. The first-order valence-electron chi connectivity index (χ1n) is 6.27. The Hall–Kier alpha value is -1.85. The number of carboxylic acid groups (broad SMARTS) is 1. The number of hydrogen-bond donors (Lipinski definition) is 7. The SMILES string of the molecule is Nc1ccccc1C(=O)O.O=C[C@H](OP(=O)(O)O)[C@H](O)[C@H](O)CO. The lowest BCUT2D eigenvalue weighted by Crippen LogP contribution is -2.41. The maximum atomic E-state index is 10.3. The summed E-state index contributed by atoms with van der Waals surface area (Å²) in [5, 5.41) is 34.7. The standard InChI is InChI=1S/C7H7NO2.C5H11O8P/c8-6-4-2-1-3-5(6)7(9)10;6-1-3(8)5(9)4(2-7)13-14(10,11)12/h1-4H,8H2,(H,9,10);2-6,8-9H,1H2,(H2,10,11,12)/t;3-,4+,5-/m.1/s1. The zero-order valence-corrected chi connectivity index (χ0v) is 13.1. The van der Waals surface area contributed by atoms with Gasteiger partial charge in [-0.25, -0.2) is 9.36 Å². The van der Waals surface area contributed by atoms with E-state index < -0.39 is 38.7 Å². The zero-order chi connectivity index (χ0) is 18.9. The minimum atomic E-state index is -4.93. The van der Waals surface area contributed by atoms with Crippen LogP contribution < -0.4 is 5.73 Å². The molecule has 0 heterocycles. The highest BCUT2D eigenvalue weighted by atomic mass is 31.2. The van der Waals surface area contributed by atoms with Gasteiger partial charge in [-0.05, 0) is 12.1 Å². The van der Waals surface area contributed by atoms with Crippen molar-refractivity contribution < 1.29 is 48.9 Å². The number of para-hydroxylation sites is 1. The number of rotatable bonds is 7. The number of phosphoric ester groups is 1. The molecule has 0 aliphatic carbocycles. The summed E-state index contributed by atoms with van der Waals surface area (Å²) >= 11 is 0. The van der Waals surface area contributed by atoms with E-state index in [0.717, 1.165) is 0 Å². The molecule has 12 heteroatoms. The molecule has 0 saturated carbocycles. The molecule has 0 amide bonds. The quantitative estimate of drug-likeness (QED) is 0.165. The molecule has 11 nitrogen and oxygen atoms in total. The Bertz CT molecular complexity index is 589. The number of carbonyl (C=O) groups excluding carboxylic acids is 1. The molecule has 24 heavy (non-hydrogen) atoms.